The third-order valence-corrected chi connectivity index (χ3v) is 8.82. The highest BCUT2D eigenvalue weighted by Gasteiger charge is 2.31. The van der Waals surface area contributed by atoms with Crippen LogP contribution in [-0.2, 0) is 24.1 Å². The quantitative estimate of drug-likeness (QED) is 0.573. The lowest BCUT2D eigenvalue weighted by Crippen LogP contribution is -2.48. The van der Waals surface area contributed by atoms with Gasteiger partial charge in [-0.25, -0.2) is 0 Å². The Balaban J connectivity index is 1.18. The molecule has 7 nitrogen and oxygen atoms in total. The van der Waals surface area contributed by atoms with Crippen LogP contribution < -0.4 is 15.5 Å². The number of pyridine rings is 1. The van der Waals surface area contributed by atoms with Gasteiger partial charge in [-0.1, -0.05) is 18.2 Å². The molecule has 4 aliphatic rings. The van der Waals surface area contributed by atoms with Crippen molar-refractivity contribution < 1.29 is 4.74 Å². The zero-order chi connectivity index (χ0) is 24.9. The maximum atomic E-state index is 5.64. The minimum Gasteiger partial charge on any atom is -0.378 e. The number of piperazine rings is 1. The van der Waals surface area contributed by atoms with Gasteiger partial charge in [-0.2, -0.15) is 0 Å². The summed E-state index contributed by atoms with van der Waals surface area (Å²) in [5, 5.41) is 7.40. The average Bonchev–Trinajstić information content (AvgIpc) is 2.97. The predicted octanol–water partition coefficient (Wildman–Crippen LogP) is 2.61. The number of ether oxygens (including phenoxy) is 1. The number of morpholine rings is 1. The molecule has 200 valence electrons. The molecular formula is C30H44N6O. The number of aromatic nitrogens is 1. The van der Waals surface area contributed by atoms with Gasteiger partial charge in [0, 0.05) is 76.8 Å². The number of aryl methyl sites for hydroxylation is 1. The van der Waals surface area contributed by atoms with Crippen LogP contribution in [0.4, 0.5) is 5.69 Å². The minimum atomic E-state index is 0.436. The van der Waals surface area contributed by atoms with E-state index in [1.807, 2.05) is 6.20 Å². The molecule has 7 heteroatoms. The fraction of sp³-hybridized carbons (Fsp3) is 0.633. The molecule has 0 radical (unpaired) electrons. The van der Waals surface area contributed by atoms with Crippen LogP contribution in [-0.4, -0.2) is 92.9 Å². The summed E-state index contributed by atoms with van der Waals surface area (Å²) in [4.78, 5) is 12.9. The van der Waals surface area contributed by atoms with E-state index >= 15 is 0 Å². The Morgan fingerprint density at radius 1 is 1.03 bits per heavy atom. The lowest BCUT2D eigenvalue weighted by molar-refractivity contribution is 0.122. The average molecular weight is 505 g/mol. The van der Waals surface area contributed by atoms with Crippen LogP contribution in [0.25, 0.3) is 0 Å². The number of fused-ring (bicyclic) bond motifs is 2. The number of nitrogens with zero attached hydrogens (tertiary/aromatic N) is 4. The molecule has 6 rings (SSSR count). The van der Waals surface area contributed by atoms with E-state index in [-0.39, 0.29) is 0 Å². The van der Waals surface area contributed by atoms with E-state index in [0.717, 1.165) is 65.4 Å². The van der Waals surface area contributed by atoms with Crippen LogP contribution in [0.3, 0.4) is 0 Å². The summed E-state index contributed by atoms with van der Waals surface area (Å²) in [6.45, 7) is 12.7. The largest absolute Gasteiger partial charge is 0.378 e. The first kappa shape index (κ1) is 25.3. The predicted molar refractivity (Wildman–Crippen MR) is 149 cm³/mol. The molecule has 2 saturated heterocycles. The van der Waals surface area contributed by atoms with E-state index in [1.54, 1.807) is 5.56 Å². The second-order valence-electron chi connectivity index (χ2n) is 11.2. The smallest absolute Gasteiger partial charge is 0.0642 e. The lowest BCUT2D eigenvalue weighted by Gasteiger charge is -2.40. The number of benzene rings is 1. The van der Waals surface area contributed by atoms with Gasteiger partial charge < -0.3 is 25.2 Å². The van der Waals surface area contributed by atoms with E-state index in [0.29, 0.717) is 12.1 Å². The number of hydrogen-bond acceptors (Lipinski definition) is 7. The van der Waals surface area contributed by atoms with Gasteiger partial charge in [-0.3, -0.25) is 9.88 Å². The van der Waals surface area contributed by atoms with Crippen molar-refractivity contribution >= 4 is 5.69 Å². The van der Waals surface area contributed by atoms with Crippen LogP contribution in [0.5, 0.6) is 0 Å². The van der Waals surface area contributed by atoms with Crippen molar-refractivity contribution in [3.05, 3.63) is 58.9 Å². The Kier molecular flexibility index (Phi) is 8.34. The summed E-state index contributed by atoms with van der Waals surface area (Å²) in [6, 6.07) is 12.2. The molecule has 1 aromatic heterocycles. The minimum absolute atomic E-state index is 0.436. The van der Waals surface area contributed by atoms with Gasteiger partial charge in [-0.05, 0) is 67.5 Å². The van der Waals surface area contributed by atoms with Crippen molar-refractivity contribution in [1.82, 2.24) is 25.4 Å². The maximum absolute atomic E-state index is 5.64. The number of hydrogen-bond donors (Lipinski definition) is 2. The zero-order valence-electron chi connectivity index (χ0n) is 22.3. The van der Waals surface area contributed by atoms with Crippen LogP contribution in [0, 0.1) is 0 Å². The first-order chi connectivity index (χ1) is 18.3. The van der Waals surface area contributed by atoms with Crippen LogP contribution in [0.2, 0.25) is 0 Å². The third-order valence-electron chi connectivity index (χ3n) is 8.82. The normalized spacial score (nSPS) is 24.6. The van der Waals surface area contributed by atoms with Crippen molar-refractivity contribution in [2.45, 2.75) is 50.7 Å². The van der Waals surface area contributed by atoms with Crippen molar-refractivity contribution in [2.75, 3.05) is 77.0 Å². The molecule has 37 heavy (non-hydrogen) atoms. The van der Waals surface area contributed by atoms with E-state index in [9.17, 15) is 0 Å². The number of rotatable bonds is 8. The molecule has 0 bridgehead atoms. The standard InChI is InChI=1S/C30H44N6O/c1-5-24-7-3-10-32-30(24)29(9-1)36(14-4-13-34-15-11-31-12-16-34)23-26-21-27-25(22-33-26)6-2-8-28(27)35-17-19-37-20-18-35/h2-3,6-8,10,26,29,31,33H,1,4-5,9,11-23H2/t26-,29+/m1/s1. The maximum Gasteiger partial charge on any atom is 0.0642 e. The molecule has 0 amide bonds. The summed E-state index contributed by atoms with van der Waals surface area (Å²) in [5.41, 5.74) is 7.25. The molecule has 4 heterocycles. The first-order valence-electron chi connectivity index (χ1n) is 14.6. The summed E-state index contributed by atoms with van der Waals surface area (Å²) in [7, 11) is 0. The summed E-state index contributed by atoms with van der Waals surface area (Å²) >= 11 is 0. The Morgan fingerprint density at radius 3 is 2.78 bits per heavy atom. The topological polar surface area (TPSA) is 55.9 Å². The fourth-order valence-corrected chi connectivity index (χ4v) is 6.85. The second-order valence-corrected chi connectivity index (χ2v) is 11.2. The van der Waals surface area contributed by atoms with Crippen LogP contribution >= 0.6 is 0 Å². The van der Waals surface area contributed by atoms with Gasteiger partial charge in [-0.15, -0.1) is 0 Å². The number of anilines is 1. The molecule has 2 fully saturated rings. The Hall–Kier alpha value is -2.03. The molecule has 1 aliphatic carbocycles. The molecular weight excluding hydrogens is 460 g/mol. The molecule has 2 aromatic rings. The molecule has 1 aromatic carbocycles. The second kappa shape index (κ2) is 12.2. The van der Waals surface area contributed by atoms with E-state index < -0.39 is 0 Å². The van der Waals surface area contributed by atoms with Crippen molar-refractivity contribution in [3.8, 4) is 0 Å². The monoisotopic (exact) mass is 504 g/mol. The summed E-state index contributed by atoms with van der Waals surface area (Å²) in [5.74, 6) is 0. The highest BCUT2D eigenvalue weighted by molar-refractivity contribution is 5.58. The van der Waals surface area contributed by atoms with E-state index in [1.165, 1.54) is 67.8 Å². The first-order valence-corrected chi connectivity index (χ1v) is 14.6. The SMILES string of the molecule is c1cnc2c(c1)CCC[C@@H]2N(CCCN1CCNCC1)C[C@H]1Cc2c(cccc2N2CCOCC2)CN1. The highest BCUT2D eigenvalue weighted by Crippen LogP contribution is 2.34. The third kappa shape index (κ3) is 6.02. The Labute approximate surface area is 222 Å². The Morgan fingerprint density at radius 2 is 1.89 bits per heavy atom. The van der Waals surface area contributed by atoms with Gasteiger partial charge in [0.05, 0.1) is 24.9 Å². The fourth-order valence-electron chi connectivity index (χ4n) is 6.85. The molecule has 2 N–H and O–H groups in total. The zero-order valence-corrected chi connectivity index (χ0v) is 22.3. The van der Waals surface area contributed by atoms with Crippen molar-refractivity contribution in [3.63, 3.8) is 0 Å². The Bertz CT molecular complexity index is 1020. The van der Waals surface area contributed by atoms with Crippen LogP contribution in [0.1, 0.15) is 47.7 Å². The van der Waals surface area contributed by atoms with Gasteiger partial charge in [0.1, 0.15) is 0 Å². The molecule has 0 spiro atoms. The van der Waals surface area contributed by atoms with E-state index in [4.69, 9.17) is 9.72 Å². The summed E-state index contributed by atoms with van der Waals surface area (Å²) in [6.07, 6.45) is 7.98. The molecule has 3 aliphatic heterocycles. The highest BCUT2D eigenvalue weighted by atomic mass is 16.5. The van der Waals surface area contributed by atoms with Crippen molar-refractivity contribution in [2.24, 2.45) is 0 Å². The van der Waals surface area contributed by atoms with Gasteiger partial charge in [0.25, 0.3) is 0 Å². The molecule has 0 unspecified atom stereocenters. The van der Waals surface area contributed by atoms with Gasteiger partial charge in [0.2, 0.25) is 0 Å². The lowest BCUT2D eigenvalue weighted by atomic mass is 9.89. The molecule has 2 atom stereocenters. The molecule has 0 saturated carbocycles. The summed E-state index contributed by atoms with van der Waals surface area (Å²) < 4.78 is 5.64. The van der Waals surface area contributed by atoms with Gasteiger partial charge >= 0.3 is 0 Å². The number of nitrogens with one attached hydrogen (secondary N) is 2. The van der Waals surface area contributed by atoms with Crippen LogP contribution in [0.15, 0.2) is 36.5 Å². The van der Waals surface area contributed by atoms with Crippen molar-refractivity contribution in [1.29, 1.82) is 0 Å². The van der Waals surface area contributed by atoms with Gasteiger partial charge in [0.15, 0.2) is 0 Å². The van der Waals surface area contributed by atoms with E-state index in [2.05, 4.69) is 55.7 Å².